The number of rotatable bonds is 3. The molecule has 0 bridgehead atoms. The standard InChI is InChI=1S/C17H12ClNO2/c18-12-4-5-13-11(10-21-17(13)8-12)9-20-16-3-1-2-15-14(16)6-7-19-15/h1-8,10,19H,9H2. The molecule has 104 valence electrons. The molecule has 0 saturated heterocycles. The minimum atomic E-state index is 0.457. The van der Waals surface area contributed by atoms with Crippen LogP contribution in [0.1, 0.15) is 5.56 Å². The van der Waals surface area contributed by atoms with Crippen LogP contribution in [0, 0.1) is 0 Å². The Bertz CT molecular complexity index is 923. The first-order valence-electron chi connectivity index (χ1n) is 6.66. The lowest BCUT2D eigenvalue weighted by Crippen LogP contribution is -1.94. The summed E-state index contributed by atoms with van der Waals surface area (Å²) in [7, 11) is 0. The van der Waals surface area contributed by atoms with Crippen molar-refractivity contribution in [1.82, 2.24) is 4.98 Å². The third-order valence-electron chi connectivity index (χ3n) is 3.56. The number of benzene rings is 2. The van der Waals surface area contributed by atoms with Gasteiger partial charge in [0.1, 0.15) is 17.9 Å². The maximum absolute atomic E-state index is 5.96. The lowest BCUT2D eigenvalue weighted by Gasteiger charge is -2.06. The van der Waals surface area contributed by atoms with Gasteiger partial charge in [0.2, 0.25) is 0 Å². The average molecular weight is 298 g/mol. The van der Waals surface area contributed by atoms with E-state index in [4.69, 9.17) is 20.8 Å². The summed E-state index contributed by atoms with van der Waals surface area (Å²) in [5, 5.41) is 2.77. The predicted octanol–water partition coefficient (Wildman–Crippen LogP) is 5.15. The fourth-order valence-corrected chi connectivity index (χ4v) is 2.67. The van der Waals surface area contributed by atoms with Gasteiger partial charge in [0, 0.05) is 33.1 Å². The Morgan fingerprint density at radius 2 is 2.05 bits per heavy atom. The van der Waals surface area contributed by atoms with Crippen molar-refractivity contribution in [2.45, 2.75) is 6.61 Å². The third-order valence-corrected chi connectivity index (χ3v) is 3.79. The number of furan rings is 1. The highest BCUT2D eigenvalue weighted by molar-refractivity contribution is 6.31. The van der Waals surface area contributed by atoms with Gasteiger partial charge in [0.25, 0.3) is 0 Å². The molecule has 4 aromatic rings. The molecule has 2 aromatic heterocycles. The van der Waals surface area contributed by atoms with Gasteiger partial charge >= 0.3 is 0 Å². The summed E-state index contributed by atoms with van der Waals surface area (Å²) in [5.41, 5.74) is 2.85. The smallest absolute Gasteiger partial charge is 0.135 e. The molecule has 0 aliphatic rings. The van der Waals surface area contributed by atoms with E-state index >= 15 is 0 Å². The van der Waals surface area contributed by atoms with Crippen LogP contribution in [0.2, 0.25) is 5.02 Å². The van der Waals surface area contributed by atoms with E-state index in [1.165, 1.54) is 0 Å². The van der Waals surface area contributed by atoms with E-state index < -0.39 is 0 Å². The van der Waals surface area contributed by atoms with E-state index in [9.17, 15) is 0 Å². The fourth-order valence-electron chi connectivity index (χ4n) is 2.51. The van der Waals surface area contributed by atoms with Crippen LogP contribution in [-0.4, -0.2) is 4.98 Å². The van der Waals surface area contributed by atoms with Crippen LogP contribution in [0.25, 0.3) is 21.9 Å². The molecule has 0 fully saturated rings. The molecule has 4 rings (SSSR count). The first-order chi connectivity index (χ1) is 10.3. The van der Waals surface area contributed by atoms with Crippen molar-refractivity contribution in [2.75, 3.05) is 0 Å². The Balaban J connectivity index is 1.65. The zero-order valence-corrected chi connectivity index (χ0v) is 11.9. The molecule has 0 spiro atoms. The Labute approximate surface area is 126 Å². The minimum absolute atomic E-state index is 0.457. The van der Waals surface area contributed by atoms with Gasteiger partial charge in [-0.2, -0.15) is 0 Å². The molecule has 2 aromatic carbocycles. The molecule has 0 aliphatic heterocycles. The van der Waals surface area contributed by atoms with Crippen molar-refractivity contribution in [1.29, 1.82) is 0 Å². The topological polar surface area (TPSA) is 38.2 Å². The average Bonchev–Trinajstić information content (AvgIpc) is 3.11. The van der Waals surface area contributed by atoms with E-state index in [1.807, 2.05) is 48.7 Å². The Morgan fingerprint density at radius 3 is 3.00 bits per heavy atom. The first kappa shape index (κ1) is 12.4. The van der Waals surface area contributed by atoms with E-state index in [1.54, 1.807) is 6.26 Å². The van der Waals surface area contributed by atoms with E-state index in [0.29, 0.717) is 11.6 Å². The maximum atomic E-state index is 5.96. The van der Waals surface area contributed by atoms with E-state index in [2.05, 4.69) is 4.98 Å². The van der Waals surface area contributed by atoms with Gasteiger partial charge in [-0.25, -0.2) is 0 Å². The number of nitrogens with one attached hydrogen (secondary N) is 1. The van der Waals surface area contributed by atoms with Crippen molar-refractivity contribution in [2.24, 2.45) is 0 Å². The van der Waals surface area contributed by atoms with Crippen molar-refractivity contribution in [3.05, 3.63) is 65.5 Å². The van der Waals surface area contributed by atoms with Crippen LogP contribution in [0.5, 0.6) is 5.75 Å². The summed E-state index contributed by atoms with van der Waals surface area (Å²) in [6.07, 6.45) is 3.63. The molecule has 0 aliphatic carbocycles. The minimum Gasteiger partial charge on any atom is -0.488 e. The summed E-state index contributed by atoms with van der Waals surface area (Å²) in [6.45, 7) is 0.457. The van der Waals surface area contributed by atoms with Crippen LogP contribution in [0.4, 0.5) is 0 Å². The zero-order chi connectivity index (χ0) is 14.2. The van der Waals surface area contributed by atoms with Crippen LogP contribution < -0.4 is 4.74 Å². The summed E-state index contributed by atoms with van der Waals surface area (Å²) < 4.78 is 11.5. The summed E-state index contributed by atoms with van der Waals surface area (Å²) in [6, 6.07) is 13.6. The van der Waals surface area contributed by atoms with Crippen molar-refractivity contribution >= 4 is 33.5 Å². The maximum Gasteiger partial charge on any atom is 0.135 e. The highest BCUT2D eigenvalue weighted by Gasteiger charge is 2.08. The van der Waals surface area contributed by atoms with Gasteiger partial charge in [-0.1, -0.05) is 17.7 Å². The van der Waals surface area contributed by atoms with Gasteiger partial charge in [-0.3, -0.25) is 0 Å². The lowest BCUT2D eigenvalue weighted by atomic mass is 10.2. The summed E-state index contributed by atoms with van der Waals surface area (Å²) >= 11 is 5.96. The number of hydrogen-bond donors (Lipinski definition) is 1. The molecule has 21 heavy (non-hydrogen) atoms. The monoisotopic (exact) mass is 297 g/mol. The molecule has 1 N–H and O–H groups in total. The second kappa shape index (κ2) is 4.86. The van der Waals surface area contributed by atoms with E-state index in [0.717, 1.165) is 33.2 Å². The highest BCUT2D eigenvalue weighted by atomic mass is 35.5. The van der Waals surface area contributed by atoms with Crippen LogP contribution in [0.3, 0.4) is 0 Å². The number of ether oxygens (including phenoxy) is 1. The van der Waals surface area contributed by atoms with Gasteiger partial charge < -0.3 is 14.1 Å². The Hall–Kier alpha value is -2.39. The SMILES string of the molecule is Clc1ccc2c(COc3cccc4[nH]ccc34)coc2c1. The summed E-state index contributed by atoms with van der Waals surface area (Å²) in [5.74, 6) is 0.858. The molecule has 2 heterocycles. The first-order valence-corrected chi connectivity index (χ1v) is 7.03. The Morgan fingerprint density at radius 1 is 1.10 bits per heavy atom. The van der Waals surface area contributed by atoms with Crippen LogP contribution in [0.15, 0.2) is 59.3 Å². The number of fused-ring (bicyclic) bond motifs is 2. The molecule has 0 atom stereocenters. The quantitative estimate of drug-likeness (QED) is 0.568. The van der Waals surface area contributed by atoms with Crippen molar-refractivity contribution < 1.29 is 9.15 Å². The second-order valence-electron chi connectivity index (χ2n) is 4.89. The number of halogens is 1. The number of hydrogen-bond acceptors (Lipinski definition) is 2. The molecule has 0 saturated carbocycles. The second-order valence-corrected chi connectivity index (χ2v) is 5.32. The normalized spacial score (nSPS) is 11.3. The molecular weight excluding hydrogens is 286 g/mol. The Kier molecular flexibility index (Phi) is 2.86. The molecule has 0 amide bonds. The summed E-state index contributed by atoms with van der Waals surface area (Å²) in [4.78, 5) is 3.18. The molecular formula is C17H12ClNO2. The zero-order valence-electron chi connectivity index (χ0n) is 11.1. The van der Waals surface area contributed by atoms with E-state index in [-0.39, 0.29) is 0 Å². The fraction of sp³-hybridized carbons (Fsp3) is 0.0588. The third kappa shape index (κ3) is 2.16. The van der Waals surface area contributed by atoms with Gasteiger partial charge in [0.05, 0.1) is 6.26 Å². The number of aromatic nitrogens is 1. The highest BCUT2D eigenvalue weighted by Crippen LogP contribution is 2.28. The lowest BCUT2D eigenvalue weighted by molar-refractivity contribution is 0.310. The van der Waals surface area contributed by atoms with Crippen molar-refractivity contribution in [3.63, 3.8) is 0 Å². The van der Waals surface area contributed by atoms with Crippen LogP contribution in [-0.2, 0) is 6.61 Å². The molecule has 0 radical (unpaired) electrons. The largest absolute Gasteiger partial charge is 0.488 e. The number of aromatic amines is 1. The molecule has 3 nitrogen and oxygen atoms in total. The van der Waals surface area contributed by atoms with Gasteiger partial charge in [-0.15, -0.1) is 0 Å². The van der Waals surface area contributed by atoms with Gasteiger partial charge in [0.15, 0.2) is 0 Å². The van der Waals surface area contributed by atoms with Gasteiger partial charge in [-0.05, 0) is 36.4 Å². The molecule has 0 unspecified atom stereocenters. The molecule has 4 heteroatoms. The predicted molar refractivity (Wildman–Crippen MR) is 83.9 cm³/mol. The van der Waals surface area contributed by atoms with Crippen LogP contribution >= 0.6 is 11.6 Å². The number of H-pyrrole nitrogens is 1. The van der Waals surface area contributed by atoms with Crippen molar-refractivity contribution in [3.8, 4) is 5.75 Å².